The van der Waals surface area contributed by atoms with Crippen LogP contribution in [0.15, 0.2) is 15.9 Å². The van der Waals surface area contributed by atoms with Crippen molar-refractivity contribution >= 4 is 17.7 Å². The maximum Gasteiger partial charge on any atom is 0.324 e. The molecule has 1 unspecified atom stereocenters. The second-order valence-corrected chi connectivity index (χ2v) is 5.16. The molecule has 102 valence electrons. The highest BCUT2D eigenvalue weighted by atomic mass is 32.2. The lowest BCUT2D eigenvalue weighted by Crippen LogP contribution is -2.43. The summed E-state index contributed by atoms with van der Waals surface area (Å²) in [4.78, 5) is 15.9. The fourth-order valence-electron chi connectivity index (χ4n) is 1.38. The van der Waals surface area contributed by atoms with Gasteiger partial charge in [-0.15, -0.1) is 0 Å². The van der Waals surface area contributed by atoms with Crippen molar-refractivity contribution in [3.05, 3.63) is 12.0 Å². The average molecular weight is 272 g/mol. The minimum Gasteiger partial charge on any atom is -0.465 e. The van der Waals surface area contributed by atoms with Crippen LogP contribution in [-0.2, 0) is 9.53 Å². The van der Waals surface area contributed by atoms with Crippen molar-refractivity contribution in [1.29, 1.82) is 0 Å². The van der Waals surface area contributed by atoms with Crippen LogP contribution in [0.2, 0.25) is 0 Å². The maximum absolute atomic E-state index is 11.8. The molecule has 0 aromatic carbocycles. The molecule has 1 N–H and O–H groups in total. The SMILES string of the molecule is CCOC(=O)C(CSc1nc(C)co1)NC(C)C. The van der Waals surface area contributed by atoms with Crippen molar-refractivity contribution in [2.45, 2.75) is 45.0 Å². The van der Waals surface area contributed by atoms with E-state index in [1.807, 2.05) is 20.8 Å². The lowest BCUT2D eigenvalue weighted by atomic mass is 10.3. The van der Waals surface area contributed by atoms with Gasteiger partial charge in [-0.05, 0) is 13.8 Å². The number of nitrogens with zero attached hydrogens (tertiary/aromatic N) is 1. The molecule has 0 saturated carbocycles. The van der Waals surface area contributed by atoms with E-state index in [-0.39, 0.29) is 18.1 Å². The first-order chi connectivity index (χ1) is 8.52. The van der Waals surface area contributed by atoms with E-state index in [4.69, 9.17) is 9.15 Å². The van der Waals surface area contributed by atoms with Crippen LogP contribution in [0.3, 0.4) is 0 Å². The smallest absolute Gasteiger partial charge is 0.324 e. The molecule has 1 aromatic heterocycles. The molecule has 0 bridgehead atoms. The summed E-state index contributed by atoms with van der Waals surface area (Å²) in [6, 6.07) is -0.131. The highest BCUT2D eigenvalue weighted by molar-refractivity contribution is 7.99. The summed E-state index contributed by atoms with van der Waals surface area (Å²) in [7, 11) is 0. The second-order valence-electron chi connectivity index (χ2n) is 4.19. The molecule has 0 spiro atoms. The van der Waals surface area contributed by atoms with Gasteiger partial charge in [0.2, 0.25) is 0 Å². The fraction of sp³-hybridized carbons (Fsp3) is 0.667. The molecular weight excluding hydrogens is 252 g/mol. The van der Waals surface area contributed by atoms with Gasteiger partial charge in [0, 0.05) is 11.8 Å². The van der Waals surface area contributed by atoms with Crippen molar-refractivity contribution in [3.63, 3.8) is 0 Å². The molecule has 0 fully saturated rings. The Morgan fingerprint density at radius 2 is 2.33 bits per heavy atom. The van der Waals surface area contributed by atoms with Crippen LogP contribution in [0.5, 0.6) is 0 Å². The molecule has 18 heavy (non-hydrogen) atoms. The zero-order chi connectivity index (χ0) is 13.5. The Kier molecular flexibility index (Phi) is 6.21. The molecule has 0 aliphatic heterocycles. The van der Waals surface area contributed by atoms with E-state index in [2.05, 4.69) is 10.3 Å². The zero-order valence-corrected chi connectivity index (χ0v) is 12.0. The Morgan fingerprint density at radius 1 is 1.61 bits per heavy atom. The average Bonchev–Trinajstić information content (AvgIpc) is 2.70. The van der Waals surface area contributed by atoms with Crippen molar-refractivity contribution < 1.29 is 13.9 Å². The Morgan fingerprint density at radius 3 is 2.83 bits per heavy atom. The molecule has 0 saturated heterocycles. The standard InChI is InChI=1S/C12H20N2O3S/c1-5-16-11(15)10(13-8(2)3)7-18-12-14-9(4)6-17-12/h6,8,10,13H,5,7H2,1-4H3. The molecule has 5 nitrogen and oxygen atoms in total. The molecule has 0 radical (unpaired) electrons. The third-order valence-electron chi connectivity index (χ3n) is 2.08. The van der Waals surface area contributed by atoms with Crippen LogP contribution in [-0.4, -0.2) is 35.4 Å². The maximum atomic E-state index is 11.8. The summed E-state index contributed by atoms with van der Waals surface area (Å²) in [6.45, 7) is 8.04. The number of esters is 1. The number of oxazole rings is 1. The van der Waals surface area contributed by atoms with Crippen LogP contribution < -0.4 is 5.32 Å². The van der Waals surface area contributed by atoms with E-state index in [1.165, 1.54) is 11.8 Å². The number of aryl methyl sites for hydroxylation is 1. The molecule has 0 aliphatic rings. The lowest BCUT2D eigenvalue weighted by Gasteiger charge is -2.18. The van der Waals surface area contributed by atoms with E-state index < -0.39 is 0 Å². The number of hydrogen-bond donors (Lipinski definition) is 1. The van der Waals surface area contributed by atoms with Crippen LogP contribution in [0, 0.1) is 6.92 Å². The van der Waals surface area contributed by atoms with E-state index in [1.54, 1.807) is 13.2 Å². The minimum absolute atomic E-state index is 0.214. The number of carbonyl (C=O) groups excluding carboxylic acids is 1. The highest BCUT2D eigenvalue weighted by Crippen LogP contribution is 2.18. The predicted molar refractivity (Wildman–Crippen MR) is 70.7 cm³/mol. The monoisotopic (exact) mass is 272 g/mol. The second kappa shape index (κ2) is 7.43. The van der Waals surface area contributed by atoms with Gasteiger partial charge in [0.25, 0.3) is 5.22 Å². The molecular formula is C12H20N2O3S. The molecule has 1 aromatic rings. The van der Waals surface area contributed by atoms with Gasteiger partial charge in [-0.25, -0.2) is 4.98 Å². The molecule has 1 rings (SSSR count). The third-order valence-corrected chi connectivity index (χ3v) is 3.01. The van der Waals surface area contributed by atoms with E-state index in [0.29, 0.717) is 17.6 Å². The lowest BCUT2D eigenvalue weighted by molar-refractivity contribution is -0.145. The van der Waals surface area contributed by atoms with Crippen molar-refractivity contribution in [2.75, 3.05) is 12.4 Å². The van der Waals surface area contributed by atoms with Crippen LogP contribution in [0.4, 0.5) is 0 Å². The molecule has 0 aliphatic carbocycles. The van der Waals surface area contributed by atoms with Gasteiger partial charge in [0.1, 0.15) is 12.3 Å². The summed E-state index contributed by atoms with van der Waals surface area (Å²) >= 11 is 1.40. The van der Waals surface area contributed by atoms with Gasteiger partial charge < -0.3 is 14.5 Å². The quantitative estimate of drug-likeness (QED) is 0.605. The summed E-state index contributed by atoms with van der Waals surface area (Å²) in [5.41, 5.74) is 0.835. The Bertz CT molecular complexity index is 379. The Hall–Kier alpha value is -1.01. The van der Waals surface area contributed by atoms with Crippen molar-refractivity contribution in [3.8, 4) is 0 Å². The van der Waals surface area contributed by atoms with Gasteiger partial charge >= 0.3 is 5.97 Å². The number of aromatic nitrogens is 1. The number of ether oxygens (including phenoxy) is 1. The first kappa shape index (κ1) is 15.0. The fourth-order valence-corrected chi connectivity index (χ4v) is 2.25. The summed E-state index contributed by atoms with van der Waals surface area (Å²) in [6.07, 6.45) is 1.59. The van der Waals surface area contributed by atoms with Gasteiger partial charge in [-0.3, -0.25) is 4.79 Å². The normalized spacial score (nSPS) is 12.7. The van der Waals surface area contributed by atoms with Crippen LogP contribution >= 0.6 is 11.8 Å². The van der Waals surface area contributed by atoms with Crippen molar-refractivity contribution in [1.82, 2.24) is 10.3 Å². The van der Waals surface area contributed by atoms with Gasteiger partial charge in [-0.1, -0.05) is 25.6 Å². The molecule has 1 atom stereocenters. The van der Waals surface area contributed by atoms with Crippen LogP contribution in [0.1, 0.15) is 26.5 Å². The van der Waals surface area contributed by atoms with E-state index in [9.17, 15) is 4.79 Å². The number of carbonyl (C=O) groups is 1. The van der Waals surface area contributed by atoms with Gasteiger partial charge in [0.05, 0.1) is 12.3 Å². The summed E-state index contributed by atoms with van der Waals surface area (Å²) in [5.74, 6) is 0.304. The number of nitrogens with one attached hydrogen (secondary N) is 1. The van der Waals surface area contributed by atoms with Crippen LogP contribution in [0.25, 0.3) is 0 Å². The zero-order valence-electron chi connectivity index (χ0n) is 11.2. The third kappa shape index (κ3) is 5.10. The highest BCUT2D eigenvalue weighted by Gasteiger charge is 2.21. The number of thioether (sulfide) groups is 1. The first-order valence-corrected chi connectivity index (χ1v) is 6.99. The first-order valence-electron chi connectivity index (χ1n) is 6.00. The predicted octanol–water partition coefficient (Wildman–Crippen LogP) is 2.00. The summed E-state index contributed by atoms with van der Waals surface area (Å²) in [5, 5.41) is 3.75. The van der Waals surface area contributed by atoms with Gasteiger partial charge in [-0.2, -0.15) is 0 Å². The number of hydrogen-bond acceptors (Lipinski definition) is 6. The summed E-state index contributed by atoms with van der Waals surface area (Å²) < 4.78 is 10.3. The minimum atomic E-state index is -0.345. The Balaban J connectivity index is 2.52. The van der Waals surface area contributed by atoms with Gasteiger partial charge in [0.15, 0.2) is 0 Å². The molecule has 0 amide bonds. The Labute approximate surface area is 112 Å². The number of rotatable bonds is 7. The van der Waals surface area contributed by atoms with E-state index >= 15 is 0 Å². The largest absolute Gasteiger partial charge is 0.465 e. The topological polar surface area (TPSA) is 64.4 Å². The van der Waals surface area contributed by atoms with E-state index in [0.717, 1.165) is 5.69 Å². The molecule has 1 heterocycles. The van der Waals surface area contributed by atoms with Crippen molar-refractivity contribution in [2.24, 2.45) is 0 Å². The molecule has 6 heteroatoms.